The van der Waals surface area contributed by atoms with E-state index in [1.54, 1.807) is 4.68 Å². The van der Waals surface area contributed by atoms with Crippen LogP contribution in [0.25, 0.3) is 0 Å². The largest absolute Gasteiger partial charge is 0.490 e. The van der Waals surface area contributed by atoms with Crippen LogP contribution in [0.3, 0.4) is 0 Å². The van der Waals surface area contributed by atoms with Gasteiger partial charge >= 0.3 is 0 Å². The van der Waals surface area contributed by atoms with Crippen LogP contribution in [-0.4, -0.2) is 37.7 Å². The second-order valence-corrected chi connectivity index (χ2v) is 4.54. The Bertz CT molecular complexity index is 618. The normalized spacial score (nSPS) is 11.0. The van der Waals surface area contributed by atoms with Gasteiger partial charge in [0.25, 0.3) is 5.56 Å². The first kappa shape index (κ1) is 14.2. The van der Waals surface area contributed by atoms with Crippen molar-refractivity contribution >= 4 is 0 Å². The van der Waals surface area contributed by atoms with E-state index in [0.717, 1.165) is 0 Å². The maximum Gasteiger partial charge on any atom is 0.270 e. The number of nitrogens with zero attached hydrogens (tertiary/aromatic N) is 5. The van der Waals surface area contributed by atoms with E-state index in [-0.39, 0.29) is 18.1 Å². The van der Waals surface area contributed by atoms with Gasteiger partial charge in [-0.15, -0.1) is 0 Å². The molecule has 0 fully saturated rings. The van der Waals surface area contributed by atoms with Crippen LogP contribution in [-0.2, 0) is 6.54 Å². The summed E-state index contributed by atoms with van der Waals surface area (Å²) in [6.07, 6.45) is 2.96. The summed E-state index contributed by atoms with van der Waals surface area (Å²) in [4.78, 5) is 16.1. The maximum absolute atomic E-state index is 11.9. The minimum Gasteiger partial charge on any atom is -0.490 e. The molecule has 2 N–H and O–H groups in total. The van der Waals surface area contributed by atoms with Crippen LogP contribution in [0.2, 0.25) is 0 Å². The number of nitrogens with two attached hydrogens (primary N) is 1. The first-order valence-electron chi connectivity index (χ1n) is 6.40. The van der Waals surface area contributed by atoms with Gasteiger partial charge in [-0.05, 0) is 13.8 Å². The summed E-state index contributed by atoms with van der Waals surface area (Å²) in [5.74, 6) is 1.10. The third-order valence-corrected chi connectivity index (χ3v) is 2.66. The van der Waals surface area contributed by atoms with E-state index in [2.05, 4.69) is 15.2 Å². The summed E-state index contributed by atoms with van der Waals surface area (Å²) in [7, 11) is 0. The van der Waals surface area contributed by atoms with Crippen LogP contribution in [0, 0.1) is 0 Å². The molecule has 8 nitrogen and oxygen atoms in total. The monoisotopic (exact) mass is 278 g/mol. The lowest BCUT2D eigenvalue weighted by molar-refractivity contribution is 0.323. The Kier molecular flexibility index (Phi) is 4.46. The van der Waals surface area contributed by atoms with Crippen molar-refractivity contribution in [1.82, 2.24) is 24.5 Å². The summed E-state index contributed by atoms with van der Waals surface area (Å²) in [6.45, 7) is 5.01. The molecule has 0 aliphatic carbocycles. The second kappa shape index (κ2) is 6.29. The summed E-state index contributed by atoms with van der Waals surface area (Å²) in [6, 6.07) is 1.56. The van der Waals surface area contributed by atoms with Gasteiger partial charge in [-0.2, -0.15) is 10.2 Å². The number of aromatic nitrogens is 5. The molecule has 2 heterocycles. The number of rotatable bonds is 6. The van der Waals surface area contributed by atoms with Gasteiger partial charge < -0.3 is 10.5 Å². The standard InChI is InChI=1S/C12H18N6O2/c1-9(2)18-11(14-8-16-18)7-17-12(19)5-10(6-15-17)20-4-3-13/h5-6,8-9H,3-4,7,13H2,1-2H3. The zero-order valence-electron chi connectivity index (χ0n) is 11.6. The molecule has 0 atom stereocenters. The fourth-order valence-corrected chi connectivity index (χ4v) is 1.74. The van der Waals surface area contributed by atoms with Crippen LogP contribution < -0.4 is 16.0 Å². The number of ether oxygens (including phenoxy) is 1. The Morgan fingerprint density at radius 3 is 2.85 bits per heavy atom. The summed E-state index contributed by atoms with van der Waals surface area (Å²) >= 11 is 0. The SMILES string of the molecule is CC(C)n1ncnc1Cn1ncc(OCCN)cc1=O. The van der Waals surface area contributed by atoms with Gasteiger partial charge in [0.1, 0.15) is 31.1 Å². The Morgan fingerprint density at radius 1 is 1.40 bits per heavy atom. The molecule has 0 aromatic carbocycles. The third kappa shape index (κ3) is 3.21. The van der Waals surface area contributed by atoms with Crippen molar-refractivity contribution in [2.24, 2.45) is 5.73 Å². The van der Waals surface area contributed by atoms with Crippen molar-refractivity contribution in [2.45, 2.75) is 26.4 Å². The Hall–Kier alpha value is -2.22. The average molecular weight is 278 g/mol. The zero-order valence-corrected chi connectivity index (χ0v) is 11.6. The molecule has 0 spiro atoms. The van der Waals surface area contributed by atoms with Crippen LogP contribution >= 0.6 is 0 Å². The highest BCUT2D eigenvalue weighted by molar-refractivity contribution is 5.13. The predicted molar refractivity (Wildman–Crippen MR) is 72.6 cm³/mol. The lowest BCUT2D eigenvalue weighted by atomic mass is 10.4. The van der Waals surface area contributed by atoms with E-state index in [1.165, 1.54) is 23.3 Å². The fourth-order valence-electron chi connectivity index (χ4n) is 1.74. The topological polar surface area (TPSA) is 101 Å². The fraction of sp³-hybridized carbons (Fsp3) is 0.500. The van der Waals surface area contributed by atoms with Gasteiger partial charge in [0.15, 0.2) is 0 Å². The predicted octanol–water partition coefficient (Wildman–Crippen LogP) is -0.198. The minimum absolute atomic E-state index is 0.176. The molecule has 0 radical (unpaired) electrons. The number of hydrogen-bond donors (Lipinski definition) is 1. The molecule has 8 heteroatoms. The van der Waals surface area contributed by atoms with Gasteiger partial charge in [-0.25, -0.2) is 14.3 Å². The molecule has 2 aromatic heterocycles. The van der Waals surface area contributed by atoms with E-state index in [9.17, 15) is 4.79 Å². The molecule has 108 valence electrons. The Morgan fingerprint density at radius 2 is 2.20 bits per heavy atom. The van der Waals surface area contributed by atoms with Gasteiger partial charge in [0.05, 0.1) is 6.20 Å². The van der Waals surface area contributed by atoms with Crippen molar-refractivity contribution in [2.75, 3.05) is 13.2 Å². The van der Waals surface area contributed by atoms with Crippen LogP contribution in [0.5, 0.6) is 5.75 Å². The first-order valence-corrected chi connectivity index (χ1v) is 6.40. The number of hydrogen-bond acceptors (Lipinski definition) is 6. The van der Waals surface area contributed by atoms with E-state index in [4.69, 9.17) is 10.5 Å². The van der Waals surface area contributed by atoms with Gasteiger partial charge in [-0.1, -0.05) is 0 Å². The molecule has 0 aliphatic heterocycles. The van der Waals surface area contributed by atoms with Gasteiger partial charge in [0.2, 0.25) is 0 Å². The van der Waals surface area contributed by atoms with Gasteiger partial charge in [0, 0.05) is 18.7 Å². The Balaban J connectivity index is 2.17. The van der Waals surface area contributed by atoms with Crippen molar-refractivity contribution < 1.29 is 4.74 Å². The lowest BCUT2D eigenvalue weighted by Crippen LogP contribution is -2.25. The highest BCUT2D eigenvalue weighted by Crippen LogP contribution is 2.07. The van der Waals surface area contributed by atoms with Crippen LogP contribution in [0.1, 0.15) is 25.7 Å². The molecule has 20 heavy (non-hydrogen) atoms. The zero-order chi connectivity index (χ0) is 14.5. The molecule has 0 saturated heterocycles. The molecule has 2 aromatic rings. The third-order valence-electron chi connectivity index (χ3n) is 2.66. The highest BCUT2D eigenvalue weighted by atomic mass is 16.5. The smallest absolute Gasteiger partial charge is 0.270 e. The average Bonchev–Trinajstić information content (AvgIpc) is 2.87. The minimum atomic E-state index is -0.252. The van der Waals surface area contributed by atoms with Crippen molar-refractivity contribution in [3.8, 4) is 5.75 Å². The molecule has 0 bridgehead atoms. The van der Waals surface area contributed by atoms with Crippen LogP contribution in [0.4, 0.5) is 0 Å². The quantitative estimate of drug-likeness (QED) is 0.785. The van der Waals surface area contributed by atoms with Crippen molar-refractivity contribution in [3.05, 3.63) is 34.8 Å². The molecule has 2 rings (SSSR count). The van der Waals surface area contributed by atoms with E-state index in [0.29, 0.717) is 24.7 Å². The van der Waals surface area contributed by atoms with E-state index in [1.807, 2.05) is 13.8 Å². The first-order chi connectivity index (χ1) is 9.61. The van der Waals surface area contributed by atoms with Crippen LogP contribution in [0.15, 0.2) is 23.4 Å². The lowest BCUT2D eigenvalue weighted by Gasteiger charge is -2.10. The second-order valence-electron chi connectivity index (χ2n) is 4.54. The van der Waals surface area contributed by atoms with E-state index >= 15 is 0 Å². The highest BCUT2D eigenvalue weighted by Gasteiger charge is 2.10. The van der Waals surface area contributed by atoms with Crippen molar-refractivity contribution in [3.63, 3.8) is 0 Å². The molecule has 0 unspecified atom stereocenters. The summed E-state index contributed by atoms with van der Waals surface area (Å²) in [5, 5.41) is 8.19. The molecular formula is C12H18N6O2. The van der Waals surface area contributed by atoms with Gasteiger partial charge in [-0.3, -0.25) is 4.79 Å². The summed E-state index contributed by atoms with van der Waals surface area (Å²) in [5.41, 5.74) is 5.08. The molecule has 0 saturated carbocycles. The molecular weight excluding hydrogens is 260 g/mol. The maximum atomic E-state index is 11.9. The van der Waals surface area contributed by atoms with E-state index < -0.39 is 0 Å². The van der Waals surface area contributed by atoms with Crippen molar-refractivity contribution in [1.29, 1.82) is 0 Å². The molecule has 0 amide bonds. The Labute approximate surface area is 116 Å². The molecule has 0 aliphatic rings. The summed E-state index contributed by atoms with van der Waals surface area (Å²) < 4.78 is 8.33.